The summed E-state index contributed by atoms with van der Waals surface area (Å²) in [6.07, 6.45) is 6.00. The molecule has 6 nitrogen and oxygen atoms in total. The van der Waals surface area contributed by atoms with Crippen LogP contribution in [0.25, 0.3) is 11.0 Å². The number of methoxy groups -OCH3 is 1. The number of hydrogen-bond donors (Lipinski definition) is 0. The van der Waals surface area contributed by atoms with Gasteiger partial charge in [0.25, 0.3) is 0 Å². The highest BCUT2D eigenvalue weighted by molar-refractivity contribution is 5.84. The second-order valence-corrected chi connectivity index (χ2v) is 8.91. The molecule has 5 rings (SSSR count). The minimum atomic E-state index is 0.0427. The number of pyridine rings is 1. The van der Waals surface area contributed by atoms with Crippen LogP contribution in [-0.2, 0) is 18.3 Å². The molecule has 1 saturated carbocycles. The van der Waals surface area contributed by atoms with Crippen LogP contribution in [0, 0.1) is 6.92 Å². The van der Waals surface area contributed by atoms with Crippen molar-refractivity contribution in [2.45, 2.75) is 57.3 Å². The summed E-state index contributed by atoms with van der Waals surface area (Å²) in [5.74, 6) is 2.32. The van der Waals surface area contributed by atoms with E-state index in [1.807, 2.05) is 29.9 Å². The maximum absolute atomic E-state index is 12.8. The molecule has 0 radical (unpaired) electrons. The van der Waals surface area contributed by atoms with Gasteiger partial charge in [0.2, 0.25) is 5.88 Å². The van der Waals surface area contributed by atoms with Gasteiger partial charge >= 0.3 is 0 Å². The van der Waals surface area contributed by atoms with Gasteiger partial charge in [0.1, 0.15) is 12.4 Å². The van der Waals surface area contributed by atoms with Gasteiger partial charge in [0.15, 0.2) is 11.4 Å². The molecule has 31 heavy (non-hydrogen) atoms. The van der Waals surface area contributed by atoms with Gasteiger partial charge in [0.05, 0.1) is 12.8 Å². The highest BCUT2D eigenvalue weighted by Crippen LogP contribution is 2.43. The molecular formula is C25H29N3O3. The lowest BCUT2D eigenvalue weighted by atomic mass is 9.80. The molecule has 3 aromatic rings. The smallest absolute Gasteiger partial charge is 0.215 e. The number of rotatable bonds is 7. The molecule has 1 unspecified atom stereocenters. The summed E-state index contributed by atoms with van der Waals surface area (Å²) < 4.78 is 13.2. The fraction of sp³-hybridized carbons (Fsp3) is 0.480. The number of carbonyl (C=O) groups is 1. The SMILES string of the molecule is COc1cccc2c1CCCC2CC(=O)COc1cc(C)c2c(C3CC3)nn(C)c2n1. The molecular weight excluding hydrogens is 390 g/mol. The van der Waals surface area contributed by atoms with E-state index in [9.17, 15) is 4.79 Å². The third-order valence-electron chi connectivity index (χ3n) is 6.62. The van der Waals surface area contributed by atoms with Gasteiger partial charge < -0.3 is 9.47 Å². The summed E-state index contributed by atoms with van der Waals surface area (Å²) in [4.78, 5) is 17.4. The Morgan fingerprint density at radius 3 is 2.87 bits per heavy atom. The average Bonchev–Trinajstić information content (AvgIpc) is 3.56. The predicted octanol–water partition coefficient (Wildman–Crippen LogP) is 4.62. The maximum atomic E-state index is 12.8. The number of ether oxygens (including phenoxy) is 2. The van der Waals surface area contributed by atoms with E-state index in [0.29, 0.717) is 18.2 Å². The van der Waals surface area contributed by atoms with E-state index in [1.165, 1.54) is 24.0 Å². The Morgan fingerprint density at radius 1 is 1.26 bits per heavy atom. The van der Waals surface area contributed by atoms with Crippen molar-refractivity contribution in [3.8, 4) is 11.6 Å². The third kappa shape index (κ3) is 3.80. The molecule has 0 bridgehead atoms. The zero-order valence-corrected chi connectivity index (χ0v) is 18.5. The first-order valence-corrected chi connectivity index (χ1v) is 11.2. The Balaban J connectivity index is 1.29. The van der Waals surface area contributed by atoms with E-state index in [2.05, 4.69) is 23.1 Å². The van der Waals surface area contributed by atoms with Crippen LogP contribution in [0.4, 0.5) is 0 Å². The van der Waals surface area contributed by atoms with Crippen molar-refractivity contribution in [2.75, 3.05) is 13.7 Å². The van der Waals surface area contributed by atoms with Gasteiger partial charge in [-0.15, -0.1) is 0 Å². The largest absolute Gasteiger partial charge is 0.496 e. The summed E-state index contributed by atoms with van der Waals surface area (Å²) in [6, 6.07) is 8.09. The van der Waals surface area contributed by atoms with Crippen molar-refractivity contribution in [3.63, 3.8) is 0 Å². The zero-order chi connectivity index (χ0) is 21.5. The van der Waals surface area contributed by atoms with Gasteiger partial charge in [-0.3, -0.25) is 9.48 Å². The second-order valence-electron chi connectivity index (χ2n) is 8.91. The number of nitrogens with zero attached hydrogens (tertiary/aromatic N) is 3. The van der Waals surface area contributed by atoms with Gasteiger partial charge in [-0.2, -0.15) is 10.1 Å². The predicted molar refractivity (Wildman–Crippen MR) is 119 cm³/mol. The van der Waals surface area contributed by atoms with Crippen LogP contribution in [0.3, 0.4) is 0 Å². The molecule has 1 aromatic carbocycles. The standard InChI is InChI=1S/C25H29N3O3/c1-15-12-22(26-25-23(15)24(16-10-11-16)27-28(25)2)31-14-18(29)13-17-6-4-8-20-19(17)7-5-9-21(20)30-3/h5,7,9,12,16-17H,4,6,8,10-11,13-14H2,1-3H3. The Labute approximate surface area is 182 Å². The Bertz CT molecular complexity index is 1150. The summed E-state index contributed by atoms with van der Waals surface area (Å²) in [5, 5.41) is 5.82. The van der Waals surface area contributed by atoms with E-state index in [-0.39, 0.29) is 18.3 Å². The minimum Gasteiger partial charge on any atom is -0.496 e. The molecule has 0 spiro atoms. The molecule has 6 heteroatoms. The molecule has 1 fully saturated rings. The van der Waals surface area contributed by atoms with Gasteiger partial charge in [-0.1, -0.05) is 12.1 Å². The maximum Gasteiger partial charge on any atom is 0.215 e. The number of fused-ring (bicyclic) bond motifs is 2. The lowest BCUT2D eigenvalue weighted by Gasteiger charge is -2.26. The Kier molecular flexibility index (Phi) is 5.16. The molecule has 2 aromatic heterocycles. The molecule has 1 atom stereocenters. The van der Waals surface area contributed by atoms with Crippen LogP contribution < -0.4 is 9.47 Å². The molecule has 2 heterocycles. The number of aryl methyl sites for hydroxylation is 2. The van der Waals surface area contributed by atoms with Gasteiger partial charge in [-0.25, -0.2) is 0 Å². The summed E-state index contributed by atoms with van der Waals surface area (Å²) in [7, 11) is 3.63. The first-order chi connectivity index (χ1) is 15.0. The zero-order valence-electron chi connectivity index (χ0n) is 18.5. The number of benzene rings is 1. The summed E-state index contributed by atoms with van der Waals surface area (Å²) >= 11 is 0. The van der Waals surface area contributed by atoms with E-state index in [1.54, 1.807) is 7.11 Å². The van der Waals surface area contributed by atoms with Crippen LogP contribution in [0.5, 0.6) is 11.6 Å². The first-order valence-electron chi connectivity index (χ1n) is 11.2. The van der Waals surface area contributed by atoms with E-state index in [4.69, 9.17) is 9.47 Å². The summed E-state index contributed by atoms with van der Waals surface area (Å²) in [5.41, 5.74) is 5.59. The second kappa shape index (κ2) is 7.98. The molecule has 0 aliphatic heterocycles. The average molecular weight is 420 g/mol. The van der Waals surface area contributed by atoms with Crippen LogP contribution in [0.2, 0.25) is 0 Å². The van der Waals surface area contributed by atoms with Crippen LogP contribution in [0.15, 0.2) is 24.3 Å². The molecule has 0 N–H and O–H groups in total. The van der Waals surface area contributed by atoms with Crippen LogP contribution in [0.1, 0.15) is 66.3 Å². The van der Waals surface area contributed by atoms with Crippen molar-refractivity contribution in [1.29, 1.82) is 0 Å². The normalized spacial score (nSPS) is 18.1. The topological polar surface area (TPSA) is 66.2 Å². The molecule has 2 aliphatic carbocycles. The Hall–Kier alpha value is -2.89. The first kappa shape index (κ1) is 20.0. The number of hydrogen-bond acceptors (Lipinski definition) is 5. The minimum absolute atomic E-state index is 0.0427. The van der Waals surface area contributed by atoms with Crippen molar-refractivity contribution in [2.24, 2.45) is 7.05 Å². The number of carbonyl (C=O) groups excluding carboxylic acids is 1. The molecule has 0 saturated heterocycles. The number of aromatic nitrogens is 3. The fourth-order valence-corrected chi connectivity index (χ4v) is 4.96. The molecule has 0 amide bonds. The highest BCUT2D eigenvalue weighted by atomic mass is 16.5. The number of Topliss-reactive ketones (excluding diaryl/α,β-unsaturated/α-hetero) is 1. The fourth-order valence-electron chi connectivity index (χ4n) is 4.96. The number of ketones is 1. The molecule has 2 aliphatic rings. The third-order valence-corrected chi connectivity index (χ3v) is 6.62. The highest BCUT2D eigenvalue weighted by Gasteiger charge is 2.30. The van der Waals surface area contributed by atoms with Crippen LogP contribution >= 0.6 is 0 Å². The van der Waals surface area contributed by atoms with E-state index < -0.39 is 0 Å². The van der Waals surface area contributed by atoms with Gasteiger partial charge in [-0.05, 0) is 67.7 Å². The quantitative estimate of drug-likeness (QED) is 0.559. The van der Waals surface area contributed by atoms with Crippen molar-refractivity contribution < 1.29 is 14.3 Å². The van der Waals surface area contributed by atoms with Crippen molar-refractivity contribution in [3.05, 3.63) is 46.6 Å². The molecule has 162 valence electrons. The van der Waals surface area contributed by atoms with Crippen molar-refractivity contribution in [1.82, 2.24) is 14.8 Å². The van der Waals surface area contributed by atoms with Crippen molar-refractivity contribution >= 4 is 16.8 Å². The monoisotopic (exact) mass is 419 g/mol. The lowest BCUT2D eigenvalue weighted by Crippen LogP contribution is -2.19. The summed E-state index contributed by atoms with van der Waals surface area (Å²) in [6.45, 7) is 2.11. The Morgan fingerprint density at radius 2 is 2.10 bits per heavy atom. The van der Waals surface area contributed by atoms with E-state index in [0.717, 1.165) is 47.3 Å². The van der Waals surface area contributed by atoms with E-state index >= 15 is 0 Å². The van der Waals surface area contributed by atoms with Crippen LogP contribution in [-0.4, -0.2) is 34.3 Å². The van der Waals surface area contributed by atoms with Gasteiger partial charge in [0, 0.05) is 30.8 Å². The lowest BCUT2D eigenvalue weighted by molar-refractivity contribution is -0.121.